The van der Waals surface area contributed by atoms with Crippen LogP contribution in [0.3, 0.4) is 0 Å². The highest BCUT2D eigenvalue weighted by Gasteiger charge is 2.25. The lowest BCUT2D eigenvalue weighted by atomic mass is 10.0. The lowest BCUT2D eigenvalue weighted by Crippen LogP contribution is -2.32. The summed E-state index contributed by atoms with van der Waals surface area (Å²) in [6.07, 6.45) is 0.909. The molecule has 33 heavy (non-hydrogen) atoms. The number of nitrogens with one attached hydrogen (secondary N) is 1. The molecule has 2 aromatic heterocycles. The summed E-state index contributed by atoms with van der Waals surface area (Å²) < 4.78 is 1.91. The lowest BCUT2D eigenvalue weighted by Gasteiger charge is -2.27. The van der Waals surface area contributed by atoms with Gasteiger partial charge in [-0.1, -0.05) is 48.4 Å². The van der Waals surface area contributed by atoms with E-state index in [1.165, 1.54) is 11.1 Å². The molecule has 0 bridgehead atoms. The number of hydrogen-bond donors (Lipinski definition) is 1. The van der Waals surface area contributed by atoms with E-state index in [0.717, 1.165) is 34.3 Å². The number of nitrogens with zero attached hydrogens (tertiary/aromatic N) is 5. The molecule has 2 aromatic carbocycles. The highest BCUT2D eigenvalue weighted by molar-refractivity contribution is 5.79. The first-order chi connectivity index (χ1) is 15.7. The molecule has 0 aliphatic carbocycles. The Morgan fingerprint density at radius 1 is 0.970 bits per heavy atom. The number of aromatic amines is 1. The van der Waals surface area contributed by atoms with E-state index in [1.807, 2.05) is 22.9 Å². The van der Waals surface area contributed by atoms with Crippen LogP contribution >= 0.6 is 0 Å². The van der Waals surface area contributed by atoms with Gasteiger partial charge in [0.2, 0.25) is 0 Å². The number of aromatic nitrogens is 5. The number of rotatable bonds is 8. The van der Waals surface area contributed by atoms with Gasteiger partial charge in [-0.3, -0.25) is 9.69 Å². The normalized spacial score (nSPS) is 12.1. The van der Waals surface area contributed by atoms with Gasteiger partial charge >= 0.3 is 0 Å². The minimum absolute atomic E-state index is 0.0614. The summed E-state index contributed by atoms with van der Waals surface area (Å²) in [5.41, 5.74) is 4.91. The largest absolute Gasteiger partial charge is 0.322 e. The highest BCUT2D eigenvalue weighted by Crippen LogP contribution is 2.21. The Balaban J connectivity index is 1.68. The van der Waals surface area contributed by atoms with Gasteiger partial charge in [-0.25, -0.2) is 4.68 Å². The summed E-state index contributed by atoms with van der Waals surface area (Å²) in [5.74, 6) is 0.794. The average molecular weight is 445 g/mol. The summed E-state index contributed by atoms with van der Waals surface area (Å²) >= 11 is 0. The van der Waals surface area contributed by atoms with Crippen LogP contribution in [-0.2, 0) is 25.2 Å². The molecular weight excluding hydrogens is 412 g/mol. The number of benzene rings is 2. The zero-order valence-corrected chi connectivity index (χ0v) is 20.1. The van der Waals surface area contributed by atoms with E-state index >= 15 is 0 Å². The summed E-state index contributed by atoms with van der Waals surface area (Å²) in [5, 5.41) is 13.6. The van der Waals surface area contributed by atoms with Crippen LogP contribution in [0.2, 0.25) is 0 Å². The SMILES string of the molecule is CCC(C)(C)n1nnnc1CN(Cc1ccc(C)cc1)Cc1cc2cc(C)ccc2[nH]c1=O. The van der Waals surface area contributed by atoms with Gasteiger partial charge in [0, 0.05) is 24.2 Å². The number of fused-ring (bicyclic) bond motifs is 1. The first kappa shape index (κ1) is 22.9. The third kappa shape index (κ3) is 5.20. The average Bonchev–Trinajstić information content (AvgIpc) is 3.25. The predicted molar refractivity (Wildman–Crippen MR) is 131 cm³/mol. The van der Waals surface area contributed by atoms with Gasteiger partial charge in [0.1, 0.15) is 0 Å². The third-order valence-corrected chi connectivity index (χ3v) is 6.34. The van der Waals surface area contributed by atoms with Gasteiger partial charge in [0.15, 0.2) is 5.82 Å². The summed E-state index contributed by atoms with van der Waals surface area (Å²) in [7, 11) is 0. The predicted octanol–water partition coefficient (Wildman–Crippen LogP) is 4.48. The van der Waals surface area contributed by atoms with Crippen molar-refractivity contribution in [3.05, 3.63) is 87.0 Å². The van der Waals surface area contributed by atoms with E-state index in [2.05, 4.69) is 90.4 Å². The number of tetrazole rings is 1. The van der Waals surface area contributed by atoms with E-state index in [9.17, 15) is 4.79 Å². The van der Waals surface area contributed by atoms with Crippen molar-refractivity contribution < 1.29 is 0 Å². The van der Waals surface area contributed by atoms with Crippen molar-refractivity contribution in [1.29, 1.82) is 0 Å². The Morgan fingerprint density at radius 2 is 1.70 bits per heavy atom. The van der Waals surface area contributed by atoms with Crippen LogP contribution in [0.15, 0.2) is 53.3 Å². The quantitative estimate of drug-likeness (QED) is 0.433. The molecule has 0 saturated heterocycles. The van der Waals surface area contributed by atoms with Crippen molar-refractivity contribution in [3.8, 4) is 0 Å². The van der Waals surface area contributed by atoms with E-state index in [0.29, 0.717) is 19.6 Å². The maximum absolute atomic E-state index is 12.9. The van der Waals surface area contributed by atoms with E-state index in [-0.39, 0.29) is 11.1 Å². The van der Waals surface area contributed by atoms with Crippen LogP contribution < -0.4 is 5.56 Å². The molecule has 0 amide bonds. The van der Waals surface area contributed by atoms with Crippen LogP contribution in [0.25, 0.3) is 10.9 Å². The molecule has 0 unspecified atom stereocenters. The van der Waals surface area contributed by atoms with Crippen LogP contribution in [0.4, 0.5) is 0 Å². The topological polar surface area (TPSA) is 79.7 Å². The Morgan fingerprint density at radius 3 is 2.42 bits per heavy atom. The molecule has 0 aliphatic heterocycles. The Kier molecular flexibility index (Phi) is 6.42. The first-order valence-electron chi connectivity index (χ1n) is 11.4. The highest BCUT2D eigenvalue weighted by atomic mass is 16.1. The molecule has 0 fully saturated rings. The van der Waals surface area contributed by atoms with Crippen molar-refractivity contribution in [1.82, 2.24) is 30.1 Å². The van der Waals surface area contributed by atoms with Gasteiger partial charge in [0.05, 0.1) is 12.1 Å². The number of hydrogen-bond acceptors (Lipinski definition) is 5. The van der Waals surface area contributed by atoms with Crippen molar-refractivity contribution in [2.24, 2.45) is 0 Å². The van der Waals surface area contributed by atoms with Crippen molar-refractivity contribution >= 4 is 10.9 Å². The molecule has 0 saturated carbocycles. The molecule has 4 aromatic rings. The molecular formula is C26H32N6O. The van der Waals surface area contributed by atoms with Crippen molar-refractivity contribution in [2.45, 2.75) is 66.2 Å². The van der Waals surface area contributed by atoms with E-state index in [4.69, 9.17) is 0 Å². The van der Waals surface area contributed by atoms with Crippen molar-refractivity contribution in [2.75, 3.05) is 0 Å². The first-order valence-corrected chi connectivity index (χ1v) is 11.4. The molecule has 7 heteroatoms. The monoisotopic (exact) mass is 444 g/mol. The Bertz CT molecular complexity index is 1300. The van der Waals surface area contributed by atoms with Gasteiger partial charge in [-0.15, -0.1) is 5.10 Å². The third-order valence-electron chi connectivity index (χ3n) is 6.34. The molecule has 0 aliphatic rings. The van der Waals surface area contributed by atoms with Crippen molar-refractivity contribution in [3.63, 3.8) is 0 Å². The zero-order valence-electron chi connectivity index (χ0n) is 20.1. The van der Waals surface area contributed by atoms with Gasteiger partial charge in [-0.05, 0) is 73.7 Å². The minimum atomic E-state index is -0.188. The van der Waals surface area contributed by atoms with Crippen LogP contribution in [0.5, 0.6) is 0 Å². The molecule has 0 radical (unpaired) electrons. The Hall–Kier alpha value is -3.32. The van der Waals surface area contributed by atoms with E-state index < -0.39 is 0 Å². The maximum Gasteiger partial charge on any atom is 0.252 e. The van der Waals surface area contributed by atoms with Gasteiger partial charge in [-0.2, -0.15) is 0 Å². The molecule has 1 N–H and O–H groups in total. The summed E-state index contributed by atoms with van der Waals surface area (Å²) in [6, 6.07) is 16.6. The molecule has 4 rings (SSSR count). The molecule has 0 spiro atoms. The second-order valence-electron chi connectivity index (χ2n) is 9.52. The fraction of sp³-hybridized carbons (Fsp3) is 0.385. The van der Waals surface area contributed by atoms with Crippen LogP contribution in [-0.4, -0.2) is 30.1 Å². The number of pyridine rings is 1. The number of H-pyrrole nitrogens is 1. The Labute approximate surface area is 194 Å². The maximum atomic E-state index is 12.9. The fourth-order valence-electron chi connectivity index (χ4n) is 3.97. The van der Waals surface area contributed by atoms with Crippen LogP contribution in [0.1, 0.15) is 55.3 Å². The van der Waals surface area contributed by atoms with Crippen LogP contribution in [0, 0.1) is 13.8 Å². The second-order valence-corrected chi connectivity index (χ2v) is 9.52. The molecule has 172 valence electrons. The molecule has 0 atom stereocenters. The minimum Gasteiger partial charge on any atom is -0.322 e. The lowest BCUT2D eigenvalue weighted by molar-refractivity contribution is 0.217. The summed E-state index contributed by atoms with van der Waals surface area (Å²) in [6.45, 7) is 12.3. The second kappa shape index (κ2) is 9.27. The van der Waals surface area contributed by atoms with Gasteiger partial charge in [0.25, 0.3) is 5.56 Å². The molecule has 2 heterocycles. The zero-order chi connectivity index (χ0) is 23.6. The fourth-order valence-corrected chi connectivity index (χ4v) is 3.97. The smallest absolute Gasteiger partial charge is 0.252 e. The molecule has 7 nitrogen and oxygen atoms in total. The summed E-state index contributed by atoms with van der Waals surface area (Å²) in [4.78, 5) is 18.2. The van der Waals surface area contributed by atoms with E-state index in [1.54, 1.807) is 0 Å². The standard InChI is InChI=1S/C26H32N6O/c1-6-26(4,5)32-24(28-29-30-32)17-31(15-20-10-7-18(2)8-11-20)16-22-14-21-13-19(3)9-12-23(21)27-25(22)33/h7-14H,6,15-17H2,1-5H3,(H,27,33). The number of aryl methyl sites for hydroxylation is 2. The van der Waals surface area contributed by atoms with Gasteiger partial charge < -0.3 is 4.98 Å².